The Balaban J connectivity index is 2.56. The van der Waals surface area contributed by atoms with Crippen LogP contribution in [-0.2, 0) is 0 Å². The van der Waals surface area contributed by atoms with E-state index in [4.69, 9.17) is 5.11 Å². The molecule has 0 fully saturated rings. The van der Waals surface area contributed by atoms with Gasteiger partial charge in [0.2, 0.25) is 0 Å². The Morgan fingerprint density at radius 1 is 1.28 bits per heavy atom. The fourth-order valence-corrected chi connectivity index (χ4v) is 1.49. The molecular weight excluding hydrogens is 244 g/mol. The molecule has 2 N–H and O–H groups in total. The third-order valence-electron chi connectivity index (χ3n) is 2.33. The van der Waals surface area contributed by atoms with Crippen LogP contribution in [0.2, 0.25) is 0 Å². The number of carboxylic acid groups (broad SMARTS) is 1. The van der Waals surface area contributed by atoms with Crippen molar-refractivity contribution in [2.75, 3.05) is 0 Å². The molecule has 0 saturated heterocycles. The van der Waals surface area contributed by atoms with Gasteiger partial charge in [-0.1, -0.05) is 12.1 Å². The molecule has 0 bridgehead atoms. The molecule has 0 radical (unpaired) electrons. The molecule has 0 aliphatic heterocycles. The van der Waals surface area contributed by atoms with Gasteiger partial charge in [-0.2, -0.15) is 0 Å². The number of aromatic hydroxyl groups is 1. The minimum absolute atomic E-state index is 0.0921. The van der Waals surface area contributed by atoms with Crippen molar-refractivity contribution < 1.29 is 23.8 Å². The van der Waals surface area contributed by atoms with E-state index in [2.05, 4.69) is 4.98 Å². The summed E-state index contributed by atoms with van der Waals surface area (Å²) in [5, 5.41) is 18.1. The van der Waals surface area contributed by atoms with Gasteiger partial charge in [0, 0.05) is 17.3 Å². The Kier molecular flexibility index (Phi) is 2.93. The Morgan fingerprint density at radius 3 is 2.61 bits per heavy atom. The first-order valence-electron chi connectivity index (χ1n) is 4.87. The molecule has 2 aromatic rings. The number of aromatic carboxylic acids is 1. The van der Waals surface area contributed by atoms with Crippen molar-refractivity contribution in [2.45, 2.75) is 0 Å². The summed E-state index contributed by atoms with van der Waals surface area (Å²) in [4.78, 5) is 14.1. The maximum Gasteiger partial charge on any atom is 0.358 e. The number of halogens is 2. The van der Waals surface area contributed by atoms with Gasteiger partial charge in [-0.3, -0.25) is 0 Å². The molecule has 0 spiro atoms. The summed E-state index contributed by atoms with van der Waals surface area (Å²) in [5.74, 6) is -4.13. The van der Waals surface area contributed by atoms with E-state index in [9.17, 15) is 18.7 Å². The van der Waals surface area contributed by atoms with E-state index in [0.29, 0.717) is 0 Å². The number of aromatic nitrogens is 1. The van der Waals surface area contributed by atoms with Gasteiger partial charge in [0.1, 0.15) is 5.75 Å². The lowest BCUT2D eigenvalue weighted by Gasteiger charge is -2.05. The molecule has 0 saturated carbocycles. The van der Waals surface area contributed by atoms with Crippen LogP contribution in [-0.4, -0.2) is 21.2 Å². The SMILES string of the molecule is O=C(O)c1ncc(-c2cccc(F)c2F)cc1O. The van der Waals surface area contributed by atoms with Crippen LogP contribution in [0, 0.1) is 11.6 Å². The molecule has 4 nitrogen and oxygen atoms in total. The predicted molar refractivity (Wildman–Crippen MR) is 58.2 cm³/mol. The van der Waals surface area contributed by atoms with E-state index in [1.54, 1.807) is 0 Å². The highest BCUT2D eigenvalue weighted by molar-refractivity contribution is 5.89. The smallest absolute Gasteiger partial charge is 0.358 e. The highest BCUT2D eigenvalue weighted by Gasteiger charge is 2.15. The largest absolute Gasteiger partial charge is 0.505 e. The molecule has 92 valence electrons. The van der Waals surface area contributed by atoms with E-state index in [1.807, 2.05) is 0 Å². The van der Waals surface area contributed by atoms with Crippen molar-refractivity contribution in [3.05, 3.63) is 47.8 Å². The summed E-state index contributed by atoms with van der Waals surface area (Å²) in [7, 11) is 0. The van der Waals surface area contributed by atoms with Crippen LogP contribution in [0.1, 0.15) is 10.5 Å². The second-order valence-corrected chi connectivity index (χ2v) is 3.50. The third-order valence-corrected chi connectivity index (χ3v) is 2.33. The van der Waals surface area contributed by atoms with E-state index in [0.717, 1.165) is 18.3 Å². The lowest BCUT2D eigenvalue weighted by atomic mass is 10.1. The van der Waals surface area contributed by atoms with Crippen molar-refractivity contribution in [3.8, 4) is 16.9 Å². The van der Waals surface area contributed by atoms with Crippen LogP contribution in [0.5, 0.6) is 5.75 Å². The quantitative estimate of drug-likeness (QED) is 0.859. The van der Waals surface area contributed by atoms with Crippen LogP contribution < -0.4 is 0 Å². The lowest BCUT2D eigenvalue weighted by Crippen LogP contribution is -2.01. The third kappa shape index (κ3) is 2.00. The van der Waals surface area contributed by atoms with Crippen molar-refractivity contribution in [3.63, 3.8) is 0 Å². The number of hydrogen-bond donors (Lipinski definition) is 2. The Bertz CT molecular complexity index is 629. The zero-order chi connectivity index (χ0) is 13.3. The fourth-order valence-electron chi connectivity index (χ4n) is 1.49. The maximum atomic E-state index is 13.5. The van der Waals surface area contributed by atoms with Gasteiger partial charge in [0.15, 0.2) is 17.3 Å². The minimum atomic E-state index is -1.40. The molecule has 1 heterocycles. The summed E-state index contributed by atoms with van der Waals surface area (Å²) in [6.07, 6.45) is 1.06. The second kappa shape index (κ2) is 4.40. The monoisotopic (exact) mass is 251 g/mol. The standard InChI is InChI=1S/C12H7F2NO3/c13-8-3-1-2-7(10(8)14)6-4-9(16)11(12(17)18)15-5-6/h1-5,16H,(H,17,18). The van der Waals surface area contributed by atoms with E-state index >= 15 is 0 Å². The van der Waals surface area contributed by atoms with Crippen LogP contribution in [0.4, 0.5) is 8.78 Å². The number of carboxylic acids is 1. The summed E-state index contributed by atoms with van der Waals surface area (Å²) >= 11 is 0. The fraction of sp³-hybridized carbons (Fsp3) is 0. The topological polar surface area (TPSA) is 70.4 Å². The van der Waals surface area contributed by atoms with Crippen LogP contribution >= 0.6 is 0 Å². The maximum absolute atomic E-state index is 13.5. The number of nitrogens with zero attached hydrogens (tertiary/aromatic N) is 1. The normalized spacial score (nSPS) is 10.3. The molecule has 2 rings (SSSR count). The zero-order valence-electron chi connectivity index (χ0n) is 8.89. The molecule has 0 unspecified atom stereocenters. The molecule has 0 aliphatic carbocycles. The average molecular weight is 251 g/mol. The minimum Gasteiger partial charge on any atom is -0.505 e. The molecule has 1 aromatic carbocycles. The number of benzene rings is 1. The second-order valence-electron chi connectivity index (χ2n) is 3.50. The highest BCUT2D eigenvalue weighted by atomic mass is 19.2. The summed E-state index contributed by atoms with van der Waals surface area (Å²) in [6.45, 7) is 0. The first-order valence-corrected chi connectivity index (χ1v) is 4.87. The van der Waals surface area contributed by atoms with Crippen LogP contribution in [0.3, 0.4) is 0 Å². The van der Waals surface area contributed by atoms with Gasteiger partial charge < -0.3 is 10.2 Å². The Morgan fingerprint density at radius 2 is 2.00 bits per heavy atom. The Hall–Kier alpha value is -2.50. The van der Waals surface area contributed by atoms with Crippen molar-refractivity contribution in [2.24, 2.45) is 0 Å². The predicted octanol–water partition coefficient (Wildman–Crippen LogP) is 2.43. The van der Waals surface area contributed by atoms with E-state index in [-0.39, 0.29) is 11.1 Å². The van der Waals surface area contributed by atoms with Gasteiger partial charge in [0.25, 0.3) is 0 Å². The number of pyridine rings is 1. The first kappa shape index (κ1) is 12.0. The highest BCUT2D eigenvalue weighted by Crippen LogP contribution is 2.27. The van der Waals surface area contributed by atoms with E-state index in [1.165, 1.54) is 12.1 Å². The van der Waals surface area contributed by atoms with Crippen molar-refractivity contribution in [1.82, 2.24) is 4.98 Å². The molecule has 18 heavy (non-hydrogen) atoms. The first-order chi connectivity index (χ1) is 8.50. The summed E-state index contributed by atoms with van der Waals surface area (Å²) in [5.41, 5.74) is -0.556. The summed E-state index contributed by atoms with van der Waals surface area (Å²) in [6, 6.07) is 4.58. The van der Waals surface area contributed by atoms with Gasteiger partial charge in [-0.25, -0.2) is 18.6 Å². The number of carbonyl (C=O) groups is 1. The summed E-state index contributed by atoms with van der Waals surface area (Å²) < 4.78 is 26.5. The molecular formula is C12H7F2NO3. The Labute approximate surface area is 100 Å². The number of hydrogen-bond acceptors (Lipinski definition) is 3. The zero-order valence-corrected chi connectivity index (χ0v) is 8.89. The molecule has 1 aromatic heterocycles. The van der Waals surface area contributed by atoms with Gasteiger partial charge in [0.05, 0.1) is 0 Å². The lowest BCUT2D eigenvalue weighted by molar-refractivity contribution is 0.0687. The molecule has 0 atom stereocenters. The van der Waals surface area contributed by atoms with Crippen LogP contribution in [0.25, 0.3) is 11.1 Å². The number of rotatable bonds is 2. The van der Waals surface area contributed by atoms with Gasteiger partial charge >= 0.3 is 5.97 Å². The van der Waals surface area contributed by atoms with Crippen molar-refractivity contribution >= 4 is 5.97 Å². The van der Waals surface area contributed by atoms with Gasteiger partial charge in [-0.05, 0) is 12.1 Å². The van der Waals surface area contributed by atoms with Crippen LogP contribution in [0.15, 0.2) is 30.5 Å². The average Bonchev–Trinajstić information content (AvgIpc) is 2.32. The molecule has 0 aliphatic rings. The van der Waals surface area contributed by atoms with Gasteiger partial charge in [-0.15, -0.1) is 0 Å². The molecule has 0 amide bonds. The molecule has 6 heteroatoms. The van der Waals surface area contributed by atoms with Crippen molar-refractivity contribution in [1.29, 1.82) is 0 Å². The van der Waals surface area contributed by atoms with E-state index < -0.39 is 29.0 Å².